The lowest BCUT2D eigenvalue weighted by Crippen LogP contribution is -2.28. The van der Waals surface area contributed by atoms with Crippen molar-refractivity contribution in [3.8, 4) is 0 Å². The first-order chi connectivity index (χ1) is 7.83. The minimum absolute atomic E-state index is 0.837. The van der Waals surface area contributed by atoms with Crippen molar-refractivity contribution in [2.24, 2.45) is 11.8 Å². The van der Waals surface area contributed by atoms with Crippen LogP contribution < -0.4 is 5.32 Å². The predicted octanol–water partition coefficient (Wildman–Crippen LogP) is 1.86. The molecule has 1 N–H and O–H groups in total. The van der Waals surface area contributed by atoms with E-state index in [1.54, 1.807) is 0 Å². The molecule has 2 atom stereocenters. The second-order valence-electron chi connectivity index (χ2n) is 5.33. The van der Waals surface area contributed by atoms with Crippen LogP contribution >= 0.6 is 0 Å². The molecule has 2 unspecified atom stereocenters. The van der Waals surface area contributed by atoms with Crippen LogP contribution in [-0.2, 0) is 13.1 Å². The number of nitrogens with one attached hydrogen (secondary N) is 1. The van der Waals surface area contributed by atoms with Gasteiger partial charge in [-0.15, -0.1) is 0 Å². The van der Waals surface area contributed by atoms with Crippen LogP contribution in [0.1, 0.15) is 18.1 Å². The molecule has 2 aliphatic rings. The molecule has 2 heteroatoms. The Morgan fingerprint density at radius 3 is 2.44 bits per heavy atom. The first-order valence-corrected chi connectivity index (χ1v) is 6.33. The Morgan fingerprint density at radius 1 is 1.19 bits per heavy atom. The highest BCUT2D eigenvalue weighted by atomic mass is 15.1. The number of hydrogen-bond donors (Lipinski definition) is 1. The average molecular weight is 216 g/mol. The van der Waals surface area contributed by atoms with E-state index in [-0.39, 0.29) is 0 Å². The zero-order valence-electron chi connectivity index (χ0n) is 9.95. The summed E-state index contributed by atoms with van der Waals surface area (Å²) in [6.07, 6.45) is 0. The maximum atomic E-state index is 3.49. The summed E-state index contributed by atoms with van der Waals surface area (Å²) in [6.45, 7) is 8.33. The van der Waals surface area contributed by atoms with Crippen LogP contribution in [0.25, 0.3) is 0 Å². The Kier molecular flexibility index (Phi) is 2.70. The van der Waals surface area contributed by atoms with Crippen LogP contribution in [0.2, 0.25) is 0 Å². The molecule has 86 valence electrons. The fourth-order valence-corrected chi connectivity index (χ4v) is 2.97. The first kappa shape index (κ1) is 10.3. The normalized spacial score (nSPS) is 29.6. The van der Waals surface area contributed by atoms with Crippen molar-refractivity contribution < 1.29 is 0 Å². The lowest BCUT2D eigenvalue weighted by atomic mass is 9.98. The second kappa shape index (κ2) is 4.19. The fraction of sp³-hybridized carbons (Fsp3) is 0.571. The van der Waals surface area contributed by atoms with Crippen LogP contribution in [0.15, 0.2) is 24.3 Å². The highest BCUT2D eigenvalue weighted by Gasteiger charge is 2.27. The SMILES string of the molecule is CC1CNCC1CN1Cc2ccccc2C1. The van der Waals surface area contributed by atoms with Crippen LogP contribution in [0, 0.1) is 11.8 Å². The maximum absolute atomic E-state index is 3.49. The van der Waals surface area contributed by atoms with E-state index >= 15 is 0 Å². The predicted molar refractivity (Wildman–Crippen MR) is 66.1 cm³/mol. The van der Waals surface area contributed by atoms with Crippen molar-refractivity contribution in [3.63, 3.8) is 0 Å². The lowest BCUT2D eigenvalue weighted by Gasteiger charge is -2.22. The second-order valence-corrected chi connectivity index (χ2v) is 5.33. The van der Waals surface area contributed by atoms with Crippen molar-refractivity contribution in [1.29, 1.82) is 0 Å². The molecule has 1 aromatic carbocycles. The summed E-state index contributed by atoms with van der Waals surface area (Å²) in [6, 6.07) is 8.85. The summed E-state index contributed by atoms with van der Waals surface area (Å²) < 4.78 is 0. The van der Waals surface area contributed by atoms with Gasteiger partial charge in [0.15, 0.2) is 0 Å². The molecule has 1 saturated heterocycles. The molecule has 1 fully saturated rings. The molecule has 0 spiro atoms. The number of fused-ring (bicyclic) bond motifs is 1. The van der Waals surface area contributed by atoms with Crippen LogP contribution in [0.5, 0.6) is 0 Å². The molecule has 0 amide bonds. The van der Waals surface area contributed by atoms with Crippen molar-refractivity contribution in [1.82, 2.24) is 10.2 Å². The van der Waals surface area contributed by atoms with Crippen molar-refractivity contribution in [2.45, 2.75) is 20.0 Å². The topological polar surface area (TPSA) is 15.3 Å². The number of benzene rings is 1. The van der Waals surface area contributed by atoms with Gasteiger partial charge in [-0.2, -0.15) is 0 Å². The molecular formula is C14H20N2. The van der Waals surface area contributed by atoms with Gasteiger partial charge in [0, 0.05) is 19.6 Å². The Balaban J connectivity index is 1.63. The summed E-state index contributed by atoms with van der Waals surface area (Å²) in [4.78, 5) is 2.60. The number of hydrogen-bond acceptors (Lipinski definition) is 2. The molecule has 2 aliphatic heterocycles. The number of rotatable bonds is 2. The molecule has 2 nitrogen and oxygen atoms in total. The third-order valence-electron chi connectivity index (χ3n) is 4.08. The monoisotopic (exact) mass is 216 g/mol. The average Bonchev–Trinajstić information content (AvgIpc) is 2.85. The first-order valence-electron chi connectivity index (χ1n) is 6.33. The Labute approximate surface area is 97.6 Å². The van der Waals surface area contributed by atoms with Crippen LogP contribution in [-0.4, -0.2) is 24.5 Å². The van der Waals surface area contributed by atoms with Crippen molar-refractivity contribution >= 4 is 0 Å². The van der Waals surface area contributed by atoms with Gasteiger partial charge in [0.1, 0.15) is 0 Å². The van der Waals surface area contributed by atoms with E-state index in [0.717, 1.165) is 24.9 Å². The zero-order chi connectivity index (χ0) is 11.0. The molecule has 3 rings (SSSR count). The molecule has 0 aromatic heterocycles. The van der Waals surface area contributed by atoms with E-state index < -0.39 is 0 Å². The standard InChI is InChI=1S/C14H20N2/c1-11-6-15-7-14(11)10-16-8-12-4-2-3-5-13(12)9-16/h2-5,11,14-15H,6-10H2,1H3. The van der Waals surface area contributed by atoms with E-state index in [2.05, 4.69) is 41.4 Å². The summed E-state index contributed by atoms with van der Waals surface area (Å²) in [5, 5.41) is 3.49. The molecule has 0 radical (unpaired) electrons. The van der Waals surface area contributed by atoms with Gasteiger partial charge in [0.25, 0.3) is 0 Å². The van der Waals surface area contributed by atoms with Gasteiger partial charge in [-0.3, -0.25) is 4.90 Å². The quantitative estimate of drug-likeness (QED) is 0.811. The maximum Gasteiger partial charge on any atom is 0.0240 e. The van der Waals surface area contributed by atoms with E-state index in [0.29, 0.717) is 0 Å². The molecule has 0 aliphatic carbocycles. The van der Waals surface area contributed by atoms with Crippen molar-refractivity contribution in [3.05, 3.63) is 35.4 Å². The van der Waals surface area contributed by atoms with Gasteiger partial charge in [-0.1, -0.05) is 31.2 Å². The van der Waals surface area contributed by atoms with Crippen LogP contribution in [0.4, 0.5) is 0 Å². The highest BCUT2D eigenvalue weighted by molar-refractivity contribution is 5.30. The summed E-state index contributed by atoms with van der Waals surface area (Å²) in [5.74, 6) is 1.68. The molecule has 0 bridgehead atoms. The number of nitrogens with zero attached hydrogens (tertiary/aromatic N) is 1. The minimum atomic E-state index is 0.837. The van der Waals surface area contributed by atoms with E-state index in [9.17, 15) is 0 Å². The summed E-state index contributed by atoms with van der Waals surface area (Å²) in [7, 11) is 0. The Hall–Kier alpha value is -0.860. The third kappa shape index (κ3) is 1.87. The van der Waals surface area contributed by atoms with E-state index in [1.165, 1.54) is 30.8 Å². The molecular weight excluding hydrogens is 196 g/mol. The minimum Gasteiger partial charge on any atom is -0.316 e. The smallest absolute Gasteiger partial charge is 0.0240 e. The summed E-state index contributed by atoms with van der Waals surface area (Å²) >= 11 is 0. The Bertz CT molecular complexity index is 350. The highest BCUT2D eigenvalue weighted by Crippen LogP contribution is 2.25. The van der Waals surface area contributed by atoms with E-state index in [4.69, 9.17) is 0 Å². The zero-order valence-corrected chi connectivity index (χ0v) is 9.95. The summed E-state index contributed by atoms with van der Waals surface area (Å²) in [5.41, 5.74) is 3.06. The van der Waals surface area contributed by atoms with Gasteiger partial charge >= 0.3 is 0 Å². The molecule has 0 saturated carbocycles. The van der Waals surface area contributed by atoms with Crippen LogP contribution in [0.3, 0.4) is 0 Å². The van der Waals surface area contributed by atoms with Gasteiger partial charge < -0.3 is 5.32 Å². The largest absolute Gasteiger partial charge is 0.316 e. The molecule has 2 heterocycles. The van der Waals surface area contributed by atoms with Crippen molar-refractivity contribution in [2.75, 3.05) is 19.6 Å². The molecule has 16 heavy (non-hydrogen) atoms. The van der Waals surface area contributed by atoms with E-state index in [1.807, 2.05) is 0 Å². The third-order valence-corrected chi connectivity index (χ3v) is 4.08. The van der Waals surface area contributed by atoms with Gasteiger partial charge in [-0.05, 0) is 36.1 Å². The Morgan fingerprint density at radius 2 is 1.88 bits per heavy atom. The van der Waals surface area contributed by atoms with Gasteiger partial charge in [0.05, 0.1) is 0 Å². The molecule has 1 aromatic rings. The lowest BCUT2D eigenvalue weighted by molar-refractivity contribution is 0.222. The van der Waals surface area contributed by atoms with Gasteiger partial charge in [0.2, 0.25) is 0 Å². The fourth-order valence-electron chi connectivity index (χ4n) is 2.97. The van der Waals surface area contributed by atoms with Gasteiger partial charge in [-0.25, -0.2) is 0 Å².